The first-order valence-electron chi connectivity index (χ1n) is 6.56. The summed E-state index contributed by atoms with van der Waals surface area (Å²) >= 11 is 0. The number of halogens is 1. The number of carboxylic acids is 1. The topological polar surface area (TPSA) is 89.3 Å². The predicted octanol–water partition coefficient (Wildman–Crippen LogP) is 2.19. The van der Waals surface area contributed by atoms with Crippen molar-refractivity contribution in [2.24, 2.45) is 0 Å². The Hall–Kier alpha value is -1.08. The first kappa shape index (κ1) is 17.0. The molecule has 8 heteroatoms. The molecule has 1 aromatic rings. The maximum absolute atomic E-state index is 11.7. The van der Waals surface area contributed by atoms with Crippen molar-refractivity contribution in [2.75, 3.05) is 0 Å². The van der Waals surface area contributed by atoms with Gasteiger partial charge in [-0.05, 0) is 25.7 Å². The maximum atomic E-state index is 11.7. The Morgan fingerprint density at radius 3 is 2.40 bits per heavy atom. The minimum atomic E-state index is -3.82. The SMILES string of the molecule is CCc1nn(CCCCC(=O)O)c(CC)c1S(=O)(=O)Cl. The van der Waals surface area contributed by atoms with Crippen molar-refractivity contribution in [3.8, 4) is 0 Å². The summed E-state index contributed by atoms with van der Waals surface area (Å²) < 4.78 is 25.0. The van der Waals surface area contributed by atoms with Gasteiger partial charge in [-0.1, -0.05) is 13.8 Å². The molecule has 0 aromatic carbocycles. The molecule has 0 atom stereocenters. The second-order valence-electron chi connectivity index (χ2n) is 4.44. The zero-order valence-electron chi connectivity index (χ0n) is 11.6. The predicted molar refractivity (Wildman–Crippen MR) is 75.5 cm³/mol. The van der Waals surface area contributed by atoms with E-state index in [0.717, 1.165) is 0 Å². The van der Waals surface area contributed by atoms with Crippen molar-refractivity contribution in [3.63, 3.8) is 0 Å². The molecular formula is C12H19ClN2O4S. The second kappa shape index (κ2) is 7.08. The number of carbonyl (C=O) groups is 1. The molecule has 0 aliphatic rings. The summed E-state index contributed by atoms with van der Waals surface area (Å²) in [5.41, 5.74) is 1.06. The van der Waals surface area contributed by atoms with Crippen molar-refractivity contribution in [2.45, 2.75) is 57.4 Å². The molecule has 114 valence electrons. The smallest absolute Gasteiger partial charge is 0.303 e. The highest BCUT2D eigenvalue weighted by Gasteiger charge is 2.25. The number of hydrogen-bond donors (Lipinski definition) is 1. The van der Waals surface area contributed by atoms with Gasteiger partial charge in [-0.25, -0.2) is 8.42 Å². The van der Waals surface area contributed by atoms with Gasteiger partial charge in [0.2, 0.25) is 0 Å². The number of aliphatic carboxylic acids is 1. The summed E-state index contributed by atoms with van der Waals surface area (Å²) in [6, 6.07) is 0. The van der Waals surface area contributed by atoms with Crippen LogP contribution < -0.4 is 0 Å². The fraction of sp³-hybridized carbons (Fsp3) is 0.667. The van der Waals surface area contributed by atoms with Crippen LogP contribution >= 0.6 is 10.7 Å². The van der Waals surface area contributed by atoms with E-state index in [0.29, 0.717) is 43.6 Å². The third kappa shape index (κ3) is 4.21. The van der Waals surface area contributed by atoms with E-state index in [9.17, 15) is 13.2 Å². The molecule has 1 N–H and O–H groups in total. The van der Waals surface area contributed by atoms with Gasteiger partial charge in [-0.15, -0.1) is 0 Å². The van der Waals surface area contributed by atoms with Gasteiger partial charge in [0.1, 0.15) is 4.90 Å². The number of aryl methyl sites for hydroxylation is 2. The van der Waals surface area contributed by atoms with Crippen LogP contribution in [0.15, 0.2) is 4.90 Å². The average molecular weight is 323 g/mol. The Labute approximate surface area is 123 Å². The van der Waals surface area contributed by atoms with Gasteiger partial charge in [0.15, 0.2) is 0 Å². The third-order valence-electron chi connectivity index (χ3n) is 3.00. The van der Waals surface area contributed by atoms with E-state index in [-0.39, 0.29) is 11.3 Å². The van der Waals surface area contributed by atoms with E-state index in [2.05, 4.69) is 5.10 Å². The minimum Gasteiger partial charge on any atom is -0.481 e. The average Bonchev–Trinajstić information content (AvgIpc) is 2.72. The lowest BCUT2D eigenvalue weighted by Crippen LogP contribution is -2.07. The molecule has 0 saturated carbocycles. The largest absolute Gasteiger partial charge is 0.481 e. The summed E-state index contributed by atoms with van der Waals surface area (Å²) in [7, 11) is 1.67. The van der Waals surface area contributed by atoms with Gasteiger partial charge in [-0.3, -0.25) is 9.48 Å². The molecule has 20 heavy (non-hydrogen) atoms. The van der Waals surface area contributed by atoms with Crippen LogP contribution in [0.5, 0.6) is 0 Å². The molecule has 1 heterocycles. The summed E-state index contributed by atoms with van der Waals surface area (Å²) in [5.74, 6) is -0.834. The quantitative estimate of drug-likeness (QED) is 0.585. The third-order valence-corrected chi connectivity index (χ3v) is 4.42. The summed E-state index contributed by atoms with van der Waals surface area (Å²) in [6.45, 7) is 4.16. The van der Waals surface area contributed by atoms with Crippen LogP contribution in [-0.2, 0) is 33.2 Å². The molecule has 0 radical (unpaired) electrons. The molecule has 0 spiro atoms. The second-order valence-corrected chi connectivity index (χ2v) is 6.94. The normalized spacial score (nSPS) is 11.8. The number of unbranched alkanes of at least 4 members (excludes halogenated alkanes) is 1. The highest BCUT2D eigenvalue weighted by molar-refractivity contribution is 8.13. The van der Waals surface area contributed by atoms with Crippen molar-refractivity contribution >= 4 is 25.7 Å². The van der Waals surface area contributed by atoms with Crippen LogP contribution in [-0.4, -0.2) is 29.3 Å². The molecule has 0 aliphatic carbocycles. The Bertz CT molecular complexity index is 581. The van der Waals surface area contributed by atoms with Gasteiger partial charge in [0, 0.05) is 23.6 Å². The summed E-state index contributed by atoms with van der Waals surface area (Å²) in [6.07, 6.45) is 2.25. The van der Waals surface area contributed by atoms with Crippen molar-refractivity contribution in [1.82, 2.24) is 9.78 Å². The monoisotopic (exact) mass is 322 g/mol. The lowest BCUT2D eigenvalue weighted by Gasteiger charge is -2.06. The Morgan fingerprint density at radius 1 is 1.30 bits per heavy atom. The molecular weight excluding hydrogens is 304 g/mol. The van der Waals surface area contributed by atoms with E-state index >= 15 is 0 Å². The van der Waals surface area contributed by atoms with E-state index in [1.165, 1.54) is 0 Å². The van der Waals surface area contributed by atoms with E-state index in [1.807, 2.05) is 13.8 Å². The molecule has 0 unspecified atom stereocenters. The number of rotatable bonds is 8. The van der Waals surface area contributed by atoms with Crippen LogP contribution in [0, 0.1) is 0 Å². The Morgan fingerprint density at radius 2 is 1.95 bits per heavy atom. The first-order chi connectivity index (χ1) is 9.31. The van der Waals surface area contributed by atoms with Crippen LogP contribution in [0.1, 0.15) is 44.5 Å². The molecule has 0 saturated heterocycles. The standard InChI is InChI=1S/C12H19ClN2O4S/c1-3-9-12(20(13,18)19)10(4-2)15(14-9)8-6-5-7-11(16)17/h3-8H2,1-2H3,(H,16,17). The fourth-order valence-electron chi connectivity index (χ4n) is 2.11. The zero-order valence-corrected chi connectivity index (χ0v) is 13.2. The van der Waals surface area contributed by atoms with Gasteiger partial charge < -0.3 is 5.11 Å². The Kier molecular flexibility index (Phi) is 6.01. The summed E-state index contributed by atoms with van der Waals surface area (Å²) in [4.78, 5) is 10.6. The lowest BCUT2D eigenvalue weighted by molar-refractivity contribution is -0.137. The van der Waals surface area contributed by atoms with Gasteiger partial charge in [0.25, 0.3) is 9.05 Å². The molecule has 0 aliphatic heterocycles. The highest BCUT2D eigenvalue weighted by atomic mass is 35.7. The Balaban J connectivity index is 2.97. The van der Waals surface area contributed by atoms with Crippen molar-refractivity contribution < 1.29 is 18.3 Å². The molecule has 0 fully saturated rings. The number of carboxylic acid groups (broad SMARTS) is 1. The van der Waals surface area contributed by atoms with Gasteiger partial charge >= 0.3 is 5.97 Å². The van der Waals surface area contributed by atoms with Crippen LogP contribution in [0.4, 0.5) is 0 Å². The molecule has 0 amide bonds. The van der Waals surface area contributed by atoms with Crippen LogP contribution in [0.2, 0.25) is 0 Å². The summed E-state index contributed by atoms with van der Waals surface area (Å²) in [5, 5.41) is 12.9. The van der Waals surface area contributed by atoms with Crippen LogP contribution in [0.3, 0.4) is 0 Å². The highest BCUT2D eigenvalue weighted by Crippen LogP contribution is 2.25. The maximum Gasteiger partial charge on any atom is 0.303 e. The van der Waals surface area contributed by atoms with Gasteiger partial charge in [-0.2, -0.15) is 5.10 Å². The number of aromatic nitrogens is 2. The lowest BCUT2D eigenvalue weighted by atomic mass is 10.2. The molecule has 0 bridgehead atoms. The first-order valence-corrected chi connectivity index (χ1v) is 8.87. The fourth-order valence-corrected chi connectivity index (χ4v) is 3.65. The van der Waals surface area contributed by atoms with Gasteiger partial charge in [0.05, 0.1) is 11.4 Å². The molecule has 6 nitrogen and oxygen atoms in total. The van der Waals surface area contributed by atoms with Crippen molar-refractivity contribution in [3.05, 3.63) is 11.4 Å². The molecule has 1 aromatic heterocycles. The van der Waals surface area contributed by atoms with E-state index in [4.69, 9.17) is 15.8 Å². The zero-order chi connectivity index (χ0) is 15.3. The minimum absolute atomic E-state index is 0.101. The molecule has 1 rings (SSSR count). The number of hydrogen-bond acceptors (Lipinski definition) is 4. The van der Waals surface area contributed by atoms with E-state index < -0.39 is 15.0 Å². The number of nitrogens with zero attached hydrogens (tertiary/aromatic N) is 2. The van der Waals surface area contributed by atoms with Crippen molar-refractivity contribution in [1.29, 1.82) is 0 Å². The van der Waals surface area contributed by atoms with Crippen LogP contribution in [0.25, 0.3) is 0 Å². The van der Waals surface area contributed by atoms with E-state index in [1.54, 1.807) is 4.68 Å².